The maximum absolute atomic E-state index is 5.24. The molecule has 2 aliphatic rings. The second-order valence-electron chi connectivity index (χ2n) is 16.2. The summed E-state index contributed by atoms with van der Waals surface area (Å²) in [5.41, 5.74) is 19.9. The molecule has 2 nitrogen and oxygen atoms in total. The molecule has 9 aromatic rings. The van der Waals surface area contributed by atoms with Crippen LogP contribution >= 0.6 is 11.3 Å². The lowest BCUT2D eigenvalue weighted by Gasteiger charge is -2.24. The molecule has 2 heterocycles. The lowest BCUT2D eigenvalue weighted by atomic mass is 9.79. The fourth-order valence-electron chi connectivity index (χ4n) is 9.34. The van der Waals surface area contributed by atoms with E-state index in [1.165, 1.54) is 76.8 Å². The van der Waals surface area contributed by atoms with E-state index >= 15 is 0 Å². The third-order valence-electron chi connectivity index (χ3n) is 12.3. The first-order valence-electron chi connectivity index (χ1n) is 19.2. The summed E-state index contributed by atoms with van der Waals surface area (Å²) in [4.78, 5) is 10.4. The first kappa shape index (κ1) is 32.3. The van der Waals surface area contributed by atoms with Crippen LogP contribution in [0.3, 0.4) is 0 Å². The van der Waals surface area contributed by atoms with Gasteiger partial charge in [0.05, 0.1) is 15.9 Å². The topological polar surface area (TPSA) is 25.8 Å². The number of aromatic nitrogens is 2. The van der Waals surface area contributed by atoms with Crippen LogP contribution in [-0.2, 0) is 10.8 Å². The Morgan fingerprint density at radius 3 is 1.69 bits per heavy atom. The van der Waals surface area contributed by atoms with Gasteiger partial charge in [-0.1, -0.05) is 149 Å². The fourth-order valence-corrected chi connectivity index (χ4v) is 10.5. The minimum atomic E-state index is -0.114. The monoisotopic (exact) mass is 722 g/mol. The largest absolute Gasteiger partial charge is 0.226 e. The van der Waals surface area contributed by atoms with Gasteiger partial charge in [0.25, 0.3) is 0 Å². The van der Waals surface area contributed by atoms with Crippen LogP contribution in [0.25, 0.3) is 87.5 Å². The van der Waals surface area contributed by atoms with Gasteiger partial charge in [-0.25, -0.2) is 9.97 Å². The summed E-state index contributed by atoms with van der Waals surface area (Å²) >= 11 is 1.77. The highest BCUT2D eigenvalue weighted by atomic mass is 32.1. The summed E-state index contributed by atoms with van der Waals surface area (Å²) in [6, 6.07) is 57.8. The van der Waals surface area contributed by atoms with Crippen molar-refractivity contribution < 1.29 is 0 Å². The SMILES string of the molecule is CC1(C)c2ccccc2-c2cc3c(cc21)-c1ccc(-c2cccc(-c4cccc(-c5nc(-c6ccccc6)nc6c5sc5ccccc56)c4)c2)cc1C3(C)C. The van der Waals surface area contributed by atoms with Crippen molar-refractivity contribution >= 4 is 31.6 Å². The molecule has 0 unspecified atom stereocenters. The molecule has 0 N–H and O–H groups in total. The van der Waals surface area contributed by atoms with E-state index in [0.29, 0.717) is 0 Å². The number of hydrogen-bond donors (Lipinski definition) is 0. The Bertz CT molecular complexity index is 3040. The number of nitrogens with zero attached hydrogens (tertiary/aromatic N) is 2. The molecular formula is C52H38N2S. The maximum Gasteiger partial charge on any atom is 0.160 e. The lowest BCUT2D eigenvalue weighted by molar-refractivity contribution is 0.652. The van der Waals surface area contributed by atoms with Crippen LogP contribution in [0.1, 0.15) is 49.9 Å². The first-order chi connectivity index (χ1) is 26.8. The minimum Gasteiger partial charge on any atom is -0.226 e. The van der Waals surface area contributed by atoms with Crippen molar-refractivity contribution in [2.45, 2.75) is 38.5 Å². The molecule has 262 valence electrons. The average molecular weight is 723 g/mol. The van der Waals surface area contributed by atoms with E-state index in [9.17, 15) is 0 Å². The molecule has 2 aromatic heterocycles. The Morgan fingerprint density at radius 1 is 0.400 bits per heavy atom. The van der Waals surface area contributed by atoms with Crippen molar-refractivity contribution in [2.75, 3.05) is 0 Å². The third kappa shape index (κ3) is 4.79. The highest BCUT2D eigenvalue weighted by Gasteiger charge is 2.41. The molecule has 7 aromatic carbocycles. The summed E-state index contributed by atoms with van der Waals surface area (Å²) in [6.45, 7) is 9.53. The summed E-state index contributed by atoms with van der Waals surface area (Å²) in [5, 5.41) is 1.17. The van der Waals surface area contributed by atoms with E-state index < -0.39 is 0 Å². The van der Waals surface area contributed by atoms with Gasteiger partial charge >= 0.3 is 0 Å². The number of fused-ring (bicyclic) bond motifs is 9. The van der Waals surface area contributed by atoms with E-state index in [2.05, 4.69) is 167 Å². The standard InChI is InChI=1S/C52H38N2S/c1-51(2)42-22-10-8-20-37(42)40-29-45-41(30-44(40)51)38-25-24-35(28-43(38)52(45,3)4)33-17-12-16-32(26-33)34-18-13-19-36(27-34)47-49-48(39-21-9-11-23-46(39)55-49)54-50(53-47)31-14-6-5-7-15-31/h5-30H,1-4H3. The zero-order chi connectivity index (χ0) is 37.1. The van der Waals surface area contributed by atoms with E-state index in [1.54, 1.807) is 11.3 Å². The summed E-state index contributed by atoms with van der Waals surface area (Å²) < 4.78 is 2.34. The van der Waals surface area contributed by atoms with Gasteiger partial charge in [0, 0.05) is 32.0 Å². The van der Waals surface area contributed by atoms with Crippen molar-refractivity contribution in [3.63, 3.8) is 0 Å². The van der Waals surface area contributed by atoms with E-state index in [0.717, 1.165) is 32.9 Å². The molecule has 2 aliphatic carbocycles. The smallest absolute Gasteiger partial charge is 0.160 e. The first-order valence-corrected chi connectivity index (χ1v) is 20.0. The van der Waals surface area contributed by atoms with Crippen LogP contribution in [0, 0.1) is 0 Å². The second kappa shape index (κ2) is 11.7. The van der Waals surface area contributed by atoms with Crippen LogP contribution < -0.4 is 0 Å². The van der Waals surface area contributed by atoms with Crippen molar-refractivity contribution in [1.29, 1.82) is 0 Å². The van der Waals surface area contributed by atoms with Crippen LogP contribution in [0.5, 0.6) is 0 Å². The van der Waals surface area contributed by atoms with Crippen LogP contribution in [0.15, 0.2) is 158 Å². The van der Waals surface area contributed by atoms with Gasteiger partial charge in [0.2, 0.25) is 0 Å². The molecule has 0 aliphatic heterocycles. The highest BCUT2D eigenvalue weighted by Crippen LogP contribution is 2.56. The average Bonchev–Trinajstić information content (AvgIpc) is 3.79. The van der Waals surface area contributed by atoms with Gasteiger partial charge in [0.15, 0.2) is 5.82 Å². The van der Waals surface area contributed by atoms with Crippen molar-refractivity contribution in [3.05, 3.63) is 180 Å². The minimum absolute atomic E-state index is 0.0208. The molecule has 11 rings (SSSR count). The Hall–Kier alpha value is -6.16. The number of hydrogen-bond acceptors (Lipinski definition) is 3. The normalized spacial score (nSPS) is 14.5. The molecule has 0 bridgehead atoms. The quantitative estimate of drug-likeness (QED) is 0.181. The van der Waals surface area contributed by atoms with Crippen LogP contribution in [0.4, 0.5) is 0 Å². The van der Waals surface area contributed by atoms with Crippen molar-refractivity contribution in [1.82, 2.24) is 9.97 Å². The maximum atomic E-state index is 5.24. The Balaban J connectivity index is 0.987. The molecule has 0 atom stereocenters. The molecular weight excluding hydrogens is 685 g/mol. The lowest BCUT2D eigenvalue weighted by Crippen LogP contribution is -2.17. The molecule has 3 heteroatoms. The highest BCUT2D eigenvalue weighted by molar-refractivity contribution is 7.26. The zero-order valence-corrected chi connectivity index (χ0v) is 32.1. The van der Waals surface area contributed by atoms with Gasteiger partial charge in [0.1, 0.15) is 0 Å². The zero-order valence-electron chi connectivity index (χ0n) is 31.3. The third-order valence-corrected chi connectivity index (χ3v) is 13.5. The van der Waals surface area contributed by atoms with Gasteiger partial charge < -0.3 is 0 Å². The summed E-state index contributed by atoms with van der Waals surface area (Å²) in [6.07, 6.45) is 0. The molecule has 0 saturated heterocycles. The van der Waals surface area contributed by atoms with Crippen LogP contribution in [0.2, 0.25) is 0 Å². The number of benzene rings is 7. The predicted molar refractivity (Wildman–Crippen MR) is 232 cm³/mol. The van der Waals surface area contributed by atoms with E-state index in [-0.39, 0.29) is 10.8 Å². The Labute approximate surface area is 325 Å². The Kier molecular flexibility index (Phi) is 6.85. The van der Waals surface area contributed by atoms with Gasteiger partial charge in [-0.15, -0.1) is 11.3 Å². The molecule has 55 heavy (non-hydrogen) atoms. The molecule has 0 saturated carbocycles. The van der Waals surface area contributed by atoms with Crippen LogP contribution in [-0.4, -0.2) is 9.97 Å². The van der Waals surface area contributed by atoms with Crippen molar-refractivity contribution in [2.24, 2.45) is 0 Å². The number of thiophene rings is 1. The molecule has 0 radical (unpaired) electrons. The summed E-state index contributed by atoms with van der Waals surface area (Å²) in [7, 11) is 0. The molecule has 0 spiro atoms. The van der Waals surface area contributed by atoms with Gasteiger partial charge in [-0.3, -0.25) is 0 Å². The van der Waals surface area contributed by atoms with E-state index in [4.69, 9.17) is 9.97 Å². The second-order valence-corrected chi connectivity index (χ2v) is 17.3. The molecule has 0 amide bonds. The van der Waals surface area contributed by atoms with Gasteiger partial charge in [-0.2, -0.15) is 0 Å². The Morgan fingerprint density at radius 2 is 0.945 bits per heavy atom. The number of rotatable bonds is 4. The fraction of sp³-hybridized carbons (Fsp3) is 0.115. The summed E-state index contributed by atoms with van der Waals surface area (Å²) in [5.74, 6) is 0.749. The van der Waals surface area contributed by atoms with Gasteiger partial charge in [-0.05, 0) is 103 Å². The molecule has 0 fully saturated rings. The van der Waals surface area contributed by atoms with E-state index in [1.807, 2.05) is 18.2 Å². The van der Waals surface area contributed by atoms with Crippen molar-refractivity contribution in [3.8, 4) is 67.2 Å². The predicted octanol–water partition coefficient (Wildman–Crippen LogP) is 14.1.